The molecule has 1 heteroatoms. The van der Waals surface area contributed by atoms with Gasteiger partial charge in [-0.05, 0) is 31.6 Å². The van der Waals surface area contributed by atoms with Gasteiger partial charge in [-0.15, -0.1) is 0 Å². The van der Waals surface area contributed by atoms with E-state index in [-0.39, 0.29) is 0 Å². The molecule has 0 aromatic rings. The molecule has 0 fully saturated rings. The van der Waals surface area contributed by atoms with Crippen LogP contribution in [0.25, 0.3) is 0 Å². The van der Waals surface area contributed by atoms with Crippen molar-refractivity contribution >= 4 is 22.6 Å². The van der Waals surface area contributed by atoms with Gasteiger partial charge in [0.05, 0.1) is 0 Å². The minimum atomic E-state index is 0.902. The molecule has 1 aliphatic rings. The predicted octanol–water partition coefficient (Wildman–Crippen LogP) is 3.56. The summed E-state index contributed by atoms with van der Waals surface area (Å²) in [5, 5.41) is 0. The monoisotopic (exact) mass is 250 g/mol. The van der Waals surface area contributed by atoms with E-state index >= 15 is 0 Å². The molecule has 0 bridgehead atoms. The minimum absolute atomic E-state index is 0.902. The Morgan fingerprint density at radius 3 is 3.10 bits per heavy atom. The summed E-state index contributed by atoms with van der Waals surface area (Å²) in [6.07, 6.45) is 11.8. The first kappa shape index (κ1) is 8.57. The smallest absolute Gasteiger partial charge is 0.0000873 e. The average Bonchev–Trinajstić information content (AvgIpc) is 2.17. The summed E-state index contributed by atoms with van der Waals surface area (Å²) < 4.78 is 1.31. The highest BCUT2D eigenvalue weighted by Gasteiger charge is 2.05. The zero-order valence-corrected chi connectivity index (χ0v) is 8.51. The van der Waals surface area contributed by atoms with Crippen LogP contribution in [0.3, 0.4) is 0 Å². The normalized spacial score (nSPS) is 26.3. The molecule has 0 amide bonds. The molecule has 10 heavy (non-hydrogen) atoms. The second kappa shape index (κ2) is 5.16. The lowest BCUT2D eigenvalue weighted by atomic mass is 10.0. The Labute approximate surface area is 77.2 Å². The minimum Gasteiger partial charge on any atom is -0.0883 e. The van der Waals surface area contributed by atoms with Gasteiger partial charge in [0.25, 0.3) is 0 Å². The molecule has 0 N–H and O–H groups in total. The summed E-state index contributed by atoms with van der Waals surface area (Å²) in [5.74, 6) is 0.902. The Kier molecular flexibility index (Phi) is 4.42. The van der Waals surface area contributed by atoms with E-state index in [0.29, 0.717) is 0 Å². The largest absolute Gasteiger partial charge is 0.0883 e. The Bertz CT molecular complexity index is 107. The van der Waals surface area contributed by atoms with Gasteiger partial charge in [0.15, 0.2) is 0 Å². The summed E-state index contributed by atoms with van der Waals surface area (Å²) in [6.45, 7) is 0. The van der Waals surface area contributed by atoms with E-state index < -0.39 is 0 Å². The van der Waals surface area contributed by atoms with Crippen LogP contribution in [0.15, 0.2) is 12.2 Å². The average molecular weight is 250 g/mol. The number of alkyl halides is 1. The third-order valence-electron chi connectivity index (χ3n) is 2.08. The van der Waals surface area contributed by atoms with Gasteiger partial charge in [-0.2, -0.15) is 0 Å². The number of halogens is 1. The number of allylic oxidation sites excluding steroid dienone is 2. The first-order chi connectivity index (χ1) is 4.93. The molecule has 0 nitrogen and oxygen atoms in total. The predicted molar refractivity (Wildman–Crippen MR) is 54.6 cm³/mol. The van der Waals surface area contributed by atoms with Crippen molar-refractivity contribution in [2.45, 2.75) is 32.1 Å². The Morgan fingerprint density at radius 1 is 1.40 bits per heavy atom. The van der Waals surface area contributed by atoms with E-state index in [1.165, 1.54) is 36.5 Å². The number of rotatable bonds is 2. The summed E-state index contributed by atoms with van der Waals surface area (Å²) in [4.78, 5) is 0. The van der Waals surface area contributed by atoms with Gasteiger partial charge in [-0.1, -0.05) is 41.2 Å². The zero-order valence-electron chi connectivity index (χ0n) is 6.35. The van der Waals surface area contributed by atoms with Crippen LogP contribution in [0.1, 0.15) is 32.1 Å². The molecule has 0 radical (unpaired) electrons. The van der Waals surface area contributed by atoms with Crippen molar-refractivity contribution in [1.82, 2.24) is 0 Å². The van der Waals surface area contributed by atoms with Crippen LogP contribution in [0.2, 0.25) is 0 Å². The second-order valence-electron chi connectivity index (χ2n) is 2.95. The third-order valence-corrected chi connectivity index (χ3v) is 2.71. The standard InChI is InChI=1S/C9H15I/c10-8-7-9-5-3-1-2-4-6-9/h3,5,9H,1-2,4,6-8H2. The highest BCUT2D eigenvalue weighted by atomic mass is 127. The van der Waals surface area contributed by atoms with Crippen molar-refractivity contribution in [3.05, 3.63) is 12.2 Å². The summed E-state index contributed by atoms with van der Waals surface area (Å²) in [7, 11) is 0. The van der Waals surface area contributed by atoms with Gasteiger partial charge in [-0.25, -0.2) is 0 Å². The van der Waals surface area contributed by atoms with Gasteiger partial charge in [0.1, 0.15) is 0 Å². The fourth-order valence-corrected chi connectivity index (χ4v) is 2.23. The summed E-state index contributed by atoms with van der Waals surface area (Å²) >= 11 is 2.47. The van der Waals surface area contributed by atoms with E-state index in [1.807, 2.05) is 0 Å². The van der Waals surface area contributed by atoms with Crippen molar-refractivity contribution in [3.63, 3.8) is 0 Å². The molecule has 1 unspecified atom stereocenters. The topological polar surface area (TPSA) is 0 Å². The molecular formula is C9H15I. The summed E-state index contributed by atoms with van der Waals surface area (Å²) in [5.41, 5.74) is 0. The maximum Gasteiger partial charge on any atom is 0.0000873 e. The van der Waals surface area contributed by atoms with E-state index in [4.69, 9.17) is 0 Å². The van der Waals surface area contributed by atoms with Crippen LogP contribution in [0.4, 0.5) is 0 Å². The van der Waals surface area contributed by atoms with Crippen molar-refractivity contribution in [2.75, 3.05) is 4.43 Å². The van der Waals surface area contributed by atoms with E-state index in [2.05, 4.69) is 34.7 Å². The van der Waals surface area contributed by atoms with E-state index in [9.17, 15) is 0 Å². The van der Waals surface area contributed by atoms with Crippen LogP contribution in [-0.4, -0.2) is 4.43 Å². The first-order valence-electron chi connectivity index (χ1n) is 4.16. The molecule has 0 saturated heterocycles. The fraction of sp³-hybridized carbons (Fsp3) is 0.778. The number of hydrogen-bond acceptors (Lipinski definition) is 0. The Hall–Kier alpha value is 0.470. The summed E-state index contributed by atoms with van der Waals surface area (Å²) in [6, 6.07) is 0. The van der Waals surface area contributed by atoms with Gasteiger partial charge in [-0.3, -0.25) is 0 Å². The van der Waals surface area contributed by atoms with Gasteiger partial charge >= 0.3 is 0 Å². The van der Waals surface area contributed by atoms with E-state index in [0.717, 1.165) is 5.92 Å². The zero-order chi connectivity index (χ0) is 7.23. The lowest BCUT2D eigenvalue weighted by molar-refractivity contribution is 0.554. The molecule has 0 aliphatic heterocycles. The first-order valence-corrected chi connectivity index (χ1v) is 5.68. The molecule has 1 atom stereocenters. The van der Waals surface area contributed by atoms with Crippen molar-refractivity contribution < 1.29 is 0 Å². The lowest BCUT2D eigenvalue weighted by Crippen LogP contribution is -1.95. The van der Waals surface area contributed by atoms with Gasteiger partial charge < -0.3 is 0 Å². The maximum absolute atomic E-state index is 2.47. The Balaban J connectivity index is 2.27. The van der Waals surface area contributed by atoms with Crippen molar-refractivity contribution in [1.29, 1.82) is 0 Å². The molecule has 1 rings (SSSR count). The highest BCUT2D eigenvalue weighted by Crippen LogP contribution is 2.20. The van der Waals surface area contributed by atoms with Crippen LogP contribution < -0.4 is 0 Å². The maximum atomic E-state index is 2.47. The van der Waals surface area contributed by atoms with Crippen LogP contribution in [0.5, 0.6) is 0 Å². The molecule has 1 aliphatic carbocycles. The van der Waals surface area contributed by atoms with E-state index in [1.54, 1.807) is 0 Å². The SMILES string of the molecule is ICCC1C=CCCCC1. The molecule has 0 aromatic carbocycles. The third kappa shape index (κ3) is 3.04. The highest BCUT2D eigenvalue weighted by molar-refractivity contribution is 14.1. The van der Waals surface area contributed by atoms with Crippen molar-refractivity contribution in [3.8, 4) is 0 Å². The quantitative estimate of drug-likeness (QED) is 0.399. The fourth-order valence-electron chi connectivity index (χ4n) is 1.43. The second-order valence-corrected chi connectivity index (χ2v) is 4.03. The Morgan fingerprint density at radius 2 is 2.30 bits per heavy atom. The van der Waals surface area contributed by atoms with Crippen molar-refractivity contribution in [2.24, 2.45) is 5.92 Å². The molecule has 0 heterocycles. The molecule has 58 valence electrons. The molecule has 0 spiro atoms. The molecule has 0 saturated carbocycles. The van der Waals surface area contributed by atoms with Crippen LogP contribution in [0, 0.1) is 5.92 Å². The molecular weight excluding hydrogens is 235 g/mol. The van der Waals surface area contributed by atoms with Crippen LogP contribution >= 0.6 is 22.6 Å². The molecule has 0 aromatic heterocycles. The number of hydrogen-bond donors (Lipinski definition) is 0. The van der Waals surface area contributed by atoms with Gasteiger partial charge in [0.2, 0.25) is 0 Å². The van der Waals surface area contributed by atoms with Crippen LogP contribution in [-0.2, 0) is 0 Å². The van der Waals surface area contributed by atoms with Gasteiger partial charge in [0, 0.05) is 4.43 Å². The lowest BCUT2D eigenvalue weighted by Gasteiger charge is -2.06.